The summed E-state index contributed by atoms with van der Waals surface area (Å²) in [5, 5.41) is 21.1. The second kappa shape index (κ2) is 7.81. The Morgan fingerprint density at radius 3 is 2.54 bits per heavy atom. The molecule has 0 saturated carbocycles. The molecule has 3 rings (SSSR count). The van der Waals surface area contributed by atoms with E-state index in [1.807, 2.05) is 48.5 Å². The van der Waals surface area contributed by atoms with Gasteiger partial charge in [-0.15, -0.1) is 10.2 Å². The second-order valence-corrected chi connectivity index (χ2v) is 7.02. The number of aromatic nitrogens is 2. The fraction of sp³-hybridized carbons (Fsp3) is 0.118. The number of anilines is 2. The van der Waals surface area contributed by atoms with Crippen molar-refractivity contribution in [2.45, 2.75) is 10.1 Å². The summed E-state index contributed by atoms with van der Waals surface area (Å²) in [5.41, 5.74) is 2.76. The van der Waals surface area contributed by atoms with Crippen LogP contribution >= 0.6 is 23.1 Å². The smallest absolute Gasteiger partial charge is 0.210 e. The number of nitrogens with zero attached hydrogens (tertiary/aromatic N) is 3. The lowest BCUT2D eigenvalue weighted by Gasteiger charge is -2.03. The van der Waals surface area contributed by atoms with Crippen LogP contribution in [0.1, 0.15) is 11.1 Å². The van der Waals surface area contributed by atoms with Crippen molar-refractivity contribution in [1.82, 2.24) is 10.2 Å². The van der Waals surface area contributed by atoms with Crippen molar-refractivity contribution < 1.29 is 4.74 Å². The molecule has 7 heteroatoms. The first-order chi connectivity index (χ1) is 11.8. The number of nitrogens with one attached hydrogen (secondary N) is 1. The molecule has 5 nitrogen and oxygen atoms in total. The Bertz CT molecular complexity index is 838. The minimum atomic E-state index is 0.672. The average Bonchev–Trinajstić information content (AvgIpc) is 3.08. The summed E-state index contributed by atoms with van der Waals surface area (Å²) in [6.45, 7) is 0. The molecule has 0 spiro atoms. The fourth-order valence-electron chi connectivity index (χ4n) is 1.94. The molecule has 0 radical (unpaired) electrons. The Kier molecular flexibility index (Phi) is 5.31. The van der Waals surface area contributed by atoms with Crippen LogP contribution in [0.3, 0.4) is 0 Å². The van der Waals surface area contributed by atoms with Crippen molar-refractivity contribution in [2.75, 3.05) is 12.4 Å². The highest BCUT2D eigenvalue weighted by molar-refractivity contribution is 8.00. The molecule has 0 aliphatic carbocycles. The van der Waals surface area contributed by atoms with Gasteiger partial charge in [-0.2, -0.15) is 5.26 Å². The van der Waals surface area contributed by atoms with E-state index in [4.69, 9.17) is 10.00 Å². The number of thioether (sulfide) groups is 1. The highest BCUT2D eigenvalue weighted by Crippen LogP contribution is 2.30. The average molecular weight is 354 g/mol. The number of hydrogen-bond acceptors (Lipinski definition) is 7. The van der Waals surface area contributed by atoms with Gasteiger partial charge in [0.25, 0.3) is 0 Å². The van der Waals surface area contributed by atoms with Gasteiger partial charge in [0.2, 0.25) is 5.13 Å². The Hall–Kier alpha value is -2.56. The summed E-state index contributed by atoms with van der Waals surface area (Å²) in [5.74, 6) is 1.61. The van der Waals surface area contributed by atoms with Crippen LogP contribution in [0.2, 0.25) is 0 Å². The quantitative estimate of drug-likeness (QED) is 0.659. The van der Waals surface area contributed by atoms with Gasteiger partial charge in [0, 0.05) is 11.4 Å². The minimum absolute atomic E-state index is 0.672. The first-order valence-corrected chi connectivity index (χ1v) is 8.93. The number of ether oxygens (including phenoxy) is 1. The number of methoxy groups -OCH3 is 1. The summed E-state index contributed by atoms with van der Waals surface area (Å²) in [6.07, 6.45) is 0. The van der Waals surface area contributed by atoms with Crippen molar-refractivity contribution >= 4 is 33.9 Å². The lowest BCUT2D eigenvalue weighted by atomic mass is 10.2. The van der Waals surface area contributed by atoms with Gasteiger partial charge >= 0.3 is 0 Å². The van der Waals surface area contributed by atoms with Gasteiger partial charge in [-0.25, -0.2) is 0 Å². The highest BCUT2D eigenvalue weighted by atomic mass is 32.2. The second-order valence-electron chi connectivity index (χ2n) is 4.82. The Morgan fingerprint density at radius 1 is 1.12 bits per heavy atom. The van der Waals surface area contributed by atoms with Crippen LogP contribution in [0.5, 0.6) is 5.75 Å². The van der Waals surface area contributed by atoms with Crippen LogP contribution in [0.25, 0.3) is 0 Å². The van der Waals surface area contributed by atoms with Crippen LogP contribution in [0.4, 0.5) is 10.8 Å². The molecule has 0 atom stereocenters. The zero-order valence-electron chi connectivity index (χ0n) is 12.9. The zero-order chi connectivity index (χ0) is 16.8. The third kappa shape index (κ3) is 4.25. The third-order valence-corrected chi connectivity index (χ3v) is 5.24. The molecule has 1 aromatic heterocycles. The minimum Gasteiger partial charge on any atom is -0.497 e. The van der Waals surface area contributed by atoms with Gasteiger partial charge in [0.1, 0.15) is 5.75 Å². The Balaban J connectivity index is 1.57. The molecule has 3 aromatic rings. The van der Waals surface area contributed by atoms with Gasteiger partial charge in [-0.3, -0.25) is 0 Å². The van der Waals surface area contributed by atoms with Crippen molar-refractivity contribution in [1.29, 1.82) is 5.26 Å². The molecule has 24 heavy (non-hydrogen) atoms. The summed E-state index contributed by atoms with van der Waals surface area (Å²) >= 11 is 3.14. The van der Waals surface area contributed by atoms with Crippen LogP contribution in [0.15, 0.2) is 52.9 Å². The predicted octanol–water partition coefficient (Wildman–Crippen LogP) is 4.45. The third-order valence-electron chi connectivity index (χ3n) is 3.19. The summed E-state index contributed by atoms with van der Waals surface area (Å²) in [6, 6.07) is 17.3. The molecule has 0 amide bonds. The summed E-state index contributed by atoms with van der Waals surface area (Å²) in [7, 11) is 1.64. The van der Waals surface area contributed by atoms with E-state index in [0.717, 1.165) is 32.2 Å². The zero-order valence-corrected chi connectivity index (χ0v) is 14.5. The molecular formula is C17H14N4OS2. The normalized spacial score (nSPS) is 10.2. The van der Waals surface area contributed by atoms with Gasteiger partial charge < -0.3 is 10.1 Å². The van der Waals surface area contributed by atoms with Gasteiger partial charge in [0.15, 0.2) is 4.34 Å². The van der Waals surface area contributed by atoms with Crippen molar-refractivity contribution in [2.24, 2.45) is 0 Å². The van der Waals surface area contributed by atoms with Crippen LogP contribution in [-0.4, -0.2) is 17.3 Å². The molecular weight excluding hydrogens is 340 g/mol. The van der Waals surface area contributed by atoms with Crippen molar-refractivity contribution in [3.05, 3.63) is 59.7 Å². The van der Waals surface area contributed by atoms with Gasteiger partial charge in [-0.05, 0) is 42.0 Å². The number of hydrogen-bond donors (Lipinski definition) is 1. The number of rotatable bonds is 6. The standard InChI is InChI=1S/C17H14N4OS2/c1-22-15-8-6-14(7-9-15)19-16-20-21-17(24-16)23-11-13-4-2-12(10-18)3-5-13/h2-9H,11H2,1H3,(H,19,20). The van der Waals surface area contributed by atoms with E-state index in [0.29, 0.717) is 5.56 Å². The number of nitriles is 1. The molecule has 0 aliphatic heterocycles. The van der Waals surface area contributed by atoms with Crippen LogP contribution < -0.4 is 10.1 Å². The van der Waals surface area contributed by atoms with Crippen molar-refractivity contribution in [3.63, 3.8) is 0 Å². The first kappa shape index (κ1) is 16.3. The van der Waals surface area contributed by atoms with Crippen LogP contribution in [0, 0.1) is 11.3 Å². The Labute approximate surface area is 148 Å². The monoisotopic (exact) mass is 354 g/mol. The SMILES string of the molecule is COc1ccc(Nc2nnc(SCc3ccc(C#N)cc3)s2)cc1. The largest absolute Gasteiger partial charge is 0.497 e. The first-order valence-electron chi connectivity index (χ1n) is 7.13. The van der Waals surface area contributed by atoms with Gasteiger partial charge in [-0.1, -0.05) is 35.2 Å². The maximum Gasteiger partial charge on any atom is 0.210 e. The van der Waals surface area contributed by atoms with Gasteiger partial charge in [0.05, 0.1) is 18.7 Å². The van der Waals surface area contributed by atoms with E-state index in [1.165, 1.54) is 11.3 Å². The molecule has 0 fully saturated rings. The molecule has 120 valence electrons. The molecule has 0 aliphatic rings. The highest BCUT2D eigenvalue weighted by Gasteiger charge is 2.06. The van der Waals surface area contributed by atoms with E-state index >= 15 is 0 Å². The van der Waals surface area contributed by atoms with E-state index in [1.54, 1.807) is 18.9 Å². The van der Waals surface area contributed by atoms with E-state index < -0.39 is 0 Å². The molecule has 0 unspecified atom stereocenters. The predicted molar refractivity (Wildman–Crippen MR) is 96.9 cm³/mol. The molecule has 0 bridgehead atoms. The maximum atomic E-state index is 8.80. The molecule has 1 heterocycles. The van der Waals surface area contributed by atoms with Crippen molar-refractivity contribution in [3.8, 4) is 11.8 Å². The number of benzene rings is 2. The molecule has 2 aromatic carbocycles. The van der Waals surface area contributed by atoms with E-state index in [-0.39, 0.29) is 0 Å². The fourth-order valence-corrected chi connectivity index (χ4v) is 3.67. The topological polar surface area (TPSA) is 70.8 Å². The lowest BCUT2D eigenvalue weighted by molar-refractivity contribution is 0.415. The summed E-state index contributed by atoms with van der Waals surface area (Å²) < 4.78 is 6.04. The maximum absolute atomic E-state index is 8.80. The lowest BCUT2D eigenvalue weighted by Crippen LogP contribution is -1.89. The Morgan fingerprint density at radius 2 is 1.88 bits per heavy atom. The van der Waals surface area contributed by atoms with E-state index in [2.05, 4.69) is 21.6 Å². The molecule has 1 N–H and O–H groups in total. The van der Waals surface area contributed by atoms with Crippen LogP contribution in [-0.2, 0) is 5.75 Å². The molecule has 0 saturated heterocycles. The van der Waals surface area contributed by atoms with E-state index in [9.17, 15) is 0 Å². The summed E-state index contributed by atoms with van der Waals surface area (Å²) in [4.78, 5) is 0.